The maximum absolute atomic E-state index is 5.13. The zero-order valence-electron chi connectivity index (χ0n) is 35.2. The minimum atomic E-state index is -0.167. The van der Waals surface area contributed by atoms with Crippen molar-refractivity contribution in [2.24, 2.45) is 0 Å². The second kappa shape index (κ2) is 17.9. The summed E-state index contributed by atoms with van der Waals surface area (Å²) in [5.41, 5.74) is 15.6. The Balaban J connectivity index is 0.000000226. The molecular formula is C50H51IrN8. The van der Waals surface area contributed by atoms with E-state index in [-0.39, 0.29) is 30.9 Å². The Morgan fingerprint density at radius 2 is 1.02 bits per heavy atom. The second-order valence-corrected chi connectivity index (χ2v) is 16.4. The Kier molecular flexibility index (Phi) is 13.0. The van der Waals surface area contributed by atoms with Crippen LogP contribution < -0.4 is 10.1 Å². The molecule has 0 N–H and O–H groups in total. The third-order valence-corrected chi connectivity index (χ3v) is 10.1. The number of hydrogen-bond donors (Lipinski definition) is 0. The smallest absolute Gasteiger partial charge is 0.654 e. The van der Waals surface area contributed by atoms with Gasteiger partial charge >= 0.3 is 20.1 Å². The second-order valence-electron chi connectivity index (χ2n) is 16.4. The van der Waals surface area contributed by atoms with Crippen LogP contribution in [-0.2, 0) is 43.8 Å². The molecule has 0 aliphatic carbocycles. The summed E-state index contributed by atoms with van der Waals surface area (Å²) >= 11 is 0. The molecule has 9 heteroatoms. The molecule has 0 fully saturated rings. The average molecular weight is 956 g/mol. The van der Waals surface area contributed by atoms with Gasteiger partial charge in [-0.15, -0.1) is 11.4 Å². The van der Waals surface area contributed by atoms with Crippen LogP contribution in [0.4, 0.5) is 0 Å². The Bertz CT molecular complexity index is 2530. The molecule has 0 aliphatic heterocycles. The number of rotatable bonds is 8. The van der Waals surface area contributed by atoms with Gasteiger partial charge in [0, 0.05) is 51.7 Å². The molecule has 6 heterocycles. The number of hydrogen-bond acceptors (Lipinski definition) is 5. The zero-order chi connectivity index (χ0) is 41.0. The molecule has 0 aliphatic rings. The molecule has 8 aromatic rings. The van der Waals surface area contributed by atoms with Gasteiger partial charge in [-0.25, -0.2) is 5.10 Å². The summed E-state index contributed by atoms with van der Waals surface area (Å²) in [6.45, 7) is 17.4. The van der Waals surface area contributed by atoms with E-state index >= 15 is 0 Å². The van der Waals surface area contributed by atoms with Gasteiger partial charge in [-0.1, -0.05) is 163 Å². The molecule has 6 aromatic heterocycles. The first-order chi connectivity index (χ1) is 27.9. The van der Waals surface area contributed by atoms with Crippen LogP contribution in [0.25, 0.3) is 67.8 Å². The van der Waals surface area contributed by atoms with Crippen molar-refractivity contribution in [3.05, 3.63) is 157 Å². The van der Waals surface area contributed by atoms with Crippen LogP contribution in [0.3, 0.4) is 0 Å². The van der Waals surface area contributed by atoms with Crippen molar-refractivity contribution in [1.29, 1.82) is 0 Å². The molecule has 0 atom stereocenters. The van der Waals surface area contributed by atoms with E-state index in [4.69, 9.17) is 15.1 Å². The third kappa shape index (κ3) is 8.92. The van der Waals surface area contributed by atoms with Gasteiger partial charge in [-0.3, -0.25) is 15.0 Å². The molecule has 0 saturated heterocycles. The van der Waals surface area contributed by atoms with E-state index in [1.54, 1.807) is 4.68 Å². The average Bonchev–Trinajstić information content (AvgIpc) is 3.96. The molecule has 8 rings (SSSR count). The Hall–Kier alpha value is -5.89. The van der Waals surface area contributed by atoms with E-state index in [1.165, 1.54) is 11.1 Å². The summed E-state index contributed by atoms with van der Waals surface area (Å²) in [4.78, 5) is 18.9. The van der Waals surface area contributed by atoms with Crippen LogP contribution >= 0.6 is 0 Å². The van der Waals surface area contributed by atoms with Gasteiger partial charge in [0.25, 0.3) is 0 Å². The van der Waals surface area contributed by atoms with Crippen molar-refractivity contribution < 1.29 is 20.1 Å². The fraction of sp³-hybridized carbons (Fsp3) is 0.240. The normalized spacial score (nSPS) is 11.5. The van der Waals surface area contributed by atoms with E-state index in [2.05, 4.69) is 119 Å². The number of benzene rings is 2. The van der Waals surface area contributed by atoms with Crippen molar-refractivity contribution in [3.8, 4) is 67.8 Å². The van der Waals surface area contributed by atoms with Crippen LogP contribution in [0.2, 0.25) is 0 Å². The van der Waals surface area contributed by atoms with Gasteiger partial charge in [0.15, 0.2) is 0 Å². The first-order valence-corrected chi connectivity index (χ1v) is 20.0. The van der Waals surface area contributed by atoms with Crippen LogP contribution in [0.1, 0.15) is 77.9 Å². The predicted molar refractivity (Wildman–Crippen MR) is 236 cm³/mol. The van der Waals surface area contributed by atoms with Gasteiger partial charge in [0.1, 0.15) is 0 Å². The molecule has 0 spiro atoms. The maximum atomic E-state index is 5.13. The number of aromatic nitrogens is 8. The molecule has 59 heavy (non-hydrogen) atoms. The minimum absolute atomic E-state index is 0. The van der Waals surface area contributed by atoms with Crippen molar-refractivity contribution in [2.45, 2.75) is 79.1 Å². The minimum Gasteiger partial charge on any atom is -0.654 e. The molecule has 0 radical (unpaired) electrons. The first-order valence-electron chi connectivity index (χ1n) is 20.0. The largest absolute Gasteiger partial charge is 3.00 e. The number of nitrogens with zero attached hydrogens (tertiary/aromatic N) is 8. The Morgan fingerprint density at radius 1 is 0.542 bits per heavy atom. The van der Waals surface area contributed by atoms with Gasteiger partial charge in [0.2, 0.25) is 0 Å². The van der Waals surface area contributed by atoms with E-state index in [9.17, 15) is 0 Å². The summed E-state index contributed by atoms with van der Waals surface area (Å²) in [5, 5.41) is 14.2. The predicted octanol–water partition coefficient (Wildman–Crippen LogP) is 11.4. The van der Waals surface area contributed by atoms with Crippen LogP contribution in [0, 0.1) is 7.05 Å². The molecular weight excluding hydrogens is 905 g/mol. The van der Waals surface area contributed by atoms with Gasteiger partial charge in [-0.05, 0) is 65.4 Å². The molecule has 0 bridgehead atoms. The maximum Gasteiger partial charge on any atom is 3.00 e. The summed E-state index contributed by atoms with van der Waals surface area (Å²) in [6.07, 6.45) is 5.54. The standard InChI is InChI=1S/C32H33N5.C18H18N3.Ir/c1-31(2,3)29-25(21-15-10-8-11-16-21)27(34-35-29)23-19-14-20-24(33-23)28-26(22-17-12-9-13-18-22)30(32(4,5)6)36-37(28)7;1-3-13-14(4-2)18(16-10-6-8-12-20-16)21-17(13)15-9-5-7-11-19-15;/h8-20H,7H2,1-6H3;5-12H,3-4H2,1-2H3;/q-2;-1;+3. The molecule has 8 nitrogen and oxygen atoms in total. The topological polar surface area (TPSA) is 97.6 Å². The van der Waals surface area contributed by atoms with Crippen molar-refractivity contribution in [2.75, 3.05) is 0 Å². The third-order valence-electron chi connectivity index (χ3n) is 10.1. The molecule has 300 valence electrons. The van der Waals surface area contributed by atoms with Gasteiger partial charge in [0.05, 0.1) is 5.69 Å². The molecule has 2 aromatic carbocycles. The fourth-order valence-electron chi connectivity index (χ4n) is 7.44. The molecule has 0 unspecified atom stereocenters. The van der Waals surface area contributed by atoms with Gasteiger partial charge in [-0.2, -0.15) is 7.05 Å². The fourth-order valence-corrected chi connectivity index (χ4v) is 7.44. The Labute approximate surface area is 362 Å². The van der Waals surface area contributed by atoms with E-state index in [0.717, 1.165) is 92.0 Å². The quantitative estimate of drug-likeness (QED) is 0.140. The summed E-state index contributed by atoms with van der Waals surface area (Å²) < 4.78 is 1.71. The van der Waals surface area contributed by atoms with Gasteiger partial charge < -0.3 is 19.9 Å². The van der Waals surface area contributed by atoms with Crippen LogP contribution in [-0.4, -0.2) is 29.8 Å². The van der Waals surface area contributed by atoms with Crippen molar-refractivity contribution in [3.63, 3.8) is 0 Å². The molecule has 0 saturated carbocycles. The van der Waals surface area contributed by atoms with Crippen LogP contribution in [0.15, 0.2) is 128 Å². The Morgan fingerprint density at radius 3 is 1.49 bits per heavy atom. The number of pyridine rings is 3. The first kappa shape index (κ1) is 42.7. The van der Waals surface area contributed by atoms with E-state index in [0.29, 0.717) is 0 Å². The van der Waals surface area contributed by atoms with E-state index < -0.39 is 0 Å². The van der Waals surface area contributed by atoms with Crippen molar-refractivity contribution in [1.82, 2.24) is 39.9 Å². The monoisotopic (exact) mass is 956 g/mol. The van der Waals surface area contributed by atoms with Crippen molar-refractivity contribution >= 4 is 0 Å². The zero-order valence-corrected chi connectivity index (χ0v) is 37.6. The van der Waals surface area contributed by atoms with E-state index in [1.807, 2.05) is 91.3 Å². The summed E-state index contributed by atoms with van der Waals surface area (Å²) in [5.74, 6) is 0. The van der Waals surface area contributed by atoms with Crippen LogP contribution in [0.5, 0.6) is 0 Å². The molecule has 0 amide bonds. The summed E-state index contributed by atoms with van der Waals surface area (Å²) in [7, 11) is 4.26. The SMILES string of the molecule is CCc1c(-c2ccccn2)[n-]c(-c2ccccn2)c1CC.[CH2-]n1nc(C(C)(C)C)c(-c2ccccc2)c1-c1cccc(-c2[n-]nc(C(C)(C)C)c2-c2ccccc2)n1.[Ir+3]. The summed E-state index contributed by atoms with van der Waals surface area (Å²) in [6, 6.07) is 38.6.